The Hall–Kier alpha value is -0.0800. The minimum absolute atomic E-state index is 1.01. The molecular weight excluding hydrogens is 124 g/mol. The second kappa shape index (κ2) is 2.89. The van der Waals surface area contributed by atoms with E-state index in [1.165, 1.54) is 45.6 Å². The first-order valence-corrected chi connectivity index (χ1v) is 4.49. The molecular formula is C8H17N2+. The molecule has 2 N–H and O–H groups in total. The van der Waals surface area contributed by atoms with Gasteiger partial charge < -0.3 is 10.2 Å². The van der Waals surface area contributed by atoms with Gasteiger partial charge in [0, 0.05) is 18.9 Å². The molecule has 2 saturated heterocycles. The molecule has 0 spiro atoms. The Morgan fingerprint density at radius 1 is 1.40 bits per heavy atom. The van der Waals surface area contributed by atoms with Crippen LogP contribution in [0.2, 0.25) is 0 Å². The van der Waals surface area contributed by atoms with Gasteiger partial charge in [-0.1, -0.05) is 0 Å². The zero-order valence-electron chi connectivity index (χ0n) is 6.55. The maximum atomic E-state index is 2.59. The maximum absolute atomic E-state index is 2.59. The summed E-state index contributed by atoms with van der Waals surface area (Å²) in [6, 6.07) is 0. The van der Waals surface area contributed by atoms with E-state index < -0.39 is 0 Å². The van der Waals surface area contributed by atoms with Crippen molar-refractivity contribution in [3.63, 3.8) is 0 Å². The smallest absolute Gasteiger partial charge is 0.0798 e. The molecule has 2 heteroatoms. The molecule has 0 aromatic carbocycles. The van der Waals surface area contributed by atoms with Crippen molar-refractivity contribution in [2.24, 2.45) is 5.92 Å². The van der Waals surface area contributed by atoms with E-state index in [1.54, 1.807) is 0 Å². The van der Waals surface area contributed by atoms with Gasteiger partial charge in [-0.2, -0.15) is 0 Å². The number of hydrogen-bond acceptors (Lipinski definition) is 1. The highest BCUT2D eigenvalue weighted by atomic mass is 15.2. The van der Waals surface area contributed by atoms with Gasteiger partial charge in [-0.25, -0.2) is 0 Å². The minimum atomic E-state index is 1.01. The molecule has 2 aliphatic rings. The van der Waals surface area contributed by atoms with Crippen molar-refractivity contribution in [2.45, 2.75) is 12.8 Å². The van der Waals surface area contributed by atoms with Crippen LogP contribution in [0.3, 0.4) is 0 Å². The lowest BCUT2D eigenvalue weighted by molar-refractivity contribution is -0.638. The Morgan fingerprint density at radius 3 is 2.80 bits per heavy atom. The standard InChI is InChI=1S/C8H16N2/c1-4-10(5-1)7-8-2-3-9-6-8/h8-9H,1-7H2/p+1. The monoisotopic (exact) mass is 141 g/mol. The van der Waals surface area contributed by atoms with Crippen LogP contribution in [-0.2, 0) is 0 Å². The first-order valence-electron chi connectivity index (χ1n) is 4.49. The number of quaternary nitrogens is 1. The molecule has 58 valence electrons. The van der Waals surface area contributed by atoms with Gasteiger partial charge in [-0.3, -0.25) is 0 Å². The third-order valence-electron chi connectivity index (χ3n) is 2.74. The SMILES string of the molecule is C1CN(CC2CC[NH2+]C2)C1. The lowest BCUT2D eigenvalue weighted by Crippen LogP contribution is -2.81. The molecule has 1 atom stereocenters. The normalized spacial score (nSPS) is 34.2. The van der Waals surface area contributed by atoms with E-state index in [1.807, 2.05) is 0 Å². The van der Waals surface area contributed by atoms with Crippen LogP contribution in [0.15, 0.2) is 0 Å². The van der Waals surface area contributed by atoms with Gasteiger partial charge in [0.15, 0.2) is 0 Å². The van der Waals surface area contributed by atoms with Gasteiger partial charge >= 0.3 is 0 Å². The molecule has 10 heavy (non-hydrogen) atoms. The third-order valence-corrected chi connectivity index (χ3v) is 2.74. The maximum Gasteiger partial charge on any atom is 0.0798 e. The lowest BCUT2D eigenvalue weighted by Gasteiger charge is -2.32. The molecule has 2 fully saturated rings. The van der Waals surface area contributed by atoms with Crippen LogP contribution >= 0.6 is 0 Å². The molecule has 2 aliphatic heterocycles. The number of nitrogens with two attached hydrogens (primary N) is 1. The fourth-order valence-electron chi connectivity index (χ4n) is 1.92. The molecule has 2 heterocycles. The molecule has 2 rings (SSSR count). The summed E-state index contributed by atoms with van der Waals surface area (Å²) in [5.41, 5.74) is 0. The van der Waals surface area contributed by atoms with Gasteiger partial charge in [0.1, 0.15) is 0 Å². The highest BCUT2D eigenvalue weighted by Crippen LogP contribution is 2.11. The highest BCUT2D eigenvalue weighted by molar-refractivity contribution is 4.73. The van der Waals surface area contributed by atoms with Crippen LogP contribution in [-0.4, -0.2) is 37.6 Å². The molecule has 0 aromatic heterocycles. The average Bonchev–Trinajstić information content (AvgIpc) is 2.29. The Balaban J connectivity index is 1.68. The fraction of sp³-hybridized carbons (Fsp3) is 1.00. The Bertz CT molecular complexity index is 104. The number of rotatable bonds is 2. The Labute approximate surface area is 62.6 Å². The Morgan fingerprint density at radius 2 is 2.30 bits per heavy atom. The van der Waals surface area contributed by atoms with Crippen LogP contribution < -0.4 is 5.32 Å². The first-order chi connectivity index (χ1) is 4.95. The molecule has 0 aliphatic carbocycles. The summed E-state index contributed by atoms with van der Waals surface area (Å²) in [6.07, 6.45) is 2.90. The largest absolute Gasteiger partial charge is 0.346 e. The van der Waals surface area contributed by atoms with Gasteiger partial charge in [0.25, 0.3) is 0 Å². The summed E-state index contributed by atoms with van der Waals surface area (Å²) < 4.78 is 0. The zero-order chi connectivity index (χ0) is 6.81. The predicted octanol–water partition coefficient (Wildman–Crippen LogP) is -0.725. The quantitative estimate of drug-likeness (QED) is 0.538. The summed E-state index contributed by atoms with van der Waals surface area (Å²) in [5, 5.41) is 2.45. The van der Waals surface area contributed by atoms with Gasteiger partial charge in [0.05, 0.1) is 13.1 Å². The van der Waals surface area contributed by atoms with E-state index in [0.717, 1.165) is 5.92 Å². The van der Waals surface area contributed by atoms with E-state index in [2.05, 4.69) is 10.2 Å². The molecule has 1 unspecified atom stereocenters. The molecule has 0 radical (unpaired) electrons. The summed E-state index contributed by atoms with van der Waals surface area (Å²) in [6.45, 7) is 6.89. The van der Waals surface area contributed by atoms with Crippen molar-refractivity contribution in [3.8, 4) is 0 Å². The average molecular weight is 141 g/mol. The summed E-state index contributed by atoms with van der Waals surface area (Å²) in [7, 11) is 0. The summed E-state index contributed by atoms with van der Waals surface area (Å²) in [5.74, 6) is 1.01. The van der Waals surface area contributed by atoms with Crippen molar-refractivity contribution < 1.29 is 5.32 Å². The van der Waals surface area contributed by atoms with Crippen LogP contribution in [0.5, 0.6) is 0 Å². The molecule has 0 aromatic rings. The van der Waals surface area contributed by atoms with Crippen LogP contribution in [0.4, 0.5) is 0 Å². The van der Waals surface area contributed by atoms with Gasteiger partial charge in [-0.05, 0) is 19.5 Å². The van der Waals surface area contributed by atoms with E-state index in [9.17, 15) is 0 Å². The summed E-state index contributed by atoms with van der Waals surface area (Å²) >= 11 is 0. The topological polar surface area (TPSA) is 19.9 Å². The van der Waals surface area contributed by atoms with Crippen LogP contribution in [0.25, 0.3) is 0 Å². The molecule has 0 bridgehead atoms. The van der Waals surface area contributed by atoms with E-state index in [-0.39, 0.29) is 0 Å². The zero-order valence-corrected chi connectivity index (χ0v) is 6.55. The van der Waals surface area contributed by atoms with Crippen molar-refractivity contribution in [2.75, 3.05) is 32.7 Å². The van der Waals surface area contributed by atoms with Crippen LogP contribution in [0, 0.1) is 5.92 Å². The number of nitrogens with zero attached hydrogens (tertiary/aromatic N) is 1. The van der Waals surface area contributed by atoms with Gasteiger partial charge in [-0.15, -0.1) is 0 Å². The van der Waals surface area contributed by atoms with Gasteiger partial charge in [0.2, 0.25) is 0 Å². The molecule has 0 saturated carbocycles. The van der Waals surface area contributed by atoms with Crippen molar-refractivity contribution in [3.05, 3.63) is 0 Å². The van der Waals surface area contributed by atoms with E-state index in [4.69, 9.17) is 0 Å². The van der Waals surface area contributed by atoms with E-state index in [0.29, 0.717) is 0 Å². The van der Waals surface area contributed by atoms with E-state index >= 15 is 0 Å². The highest BCUT2D eigenvalue weighted by Gasteiger charge is 2.23. The van der Waals surface area contributed by atoms with Crippen molar-refractivity contribution in [1.82, 2.24) is 4.90 Å². The van der Waals surface area contributed by atoms with Crippen molar-refractivity contribution >= 4 is 0 Å². The first kappa shape index (κ1) is 6.62. The number of hydrogen-bond donors (Lipinski definition) is 1. The van der Waals surface area contributed by atoms with Crippen molar-refractivity contribution in [1.29, 1.82) is 0 Å². The van der Waals surface area contributed by atoms with Crippen LogP contribution in [0.1, 0.15) is 12.8 Å². The summed E-state index contributed by atoms with van der Waals surface area (Å²) in [4.78, 5) is 2.59. The number of likely N-dealkylation sites (tertiary alicyclic amines) is 1. The third kappa shape index (κ3) is 1.32. The fourth-order valence-corrected chi connectivity index (χ4v) is 1.92. The molecule has 0 amide bonds. The predicted molar refractivity (Wildman–Crippen MR) is 40.8 cm³/mol. The second-order valence-electron chi connectivity index (χ2n) is 3.62. The second-order valence-corrected chi connectivity index (χ2v) is 3.62. The minimum Gasteiger partial charge on any atom is -0.346 e. The lowest BCUT2D eigenvalue weighted by atomic mass is 10.1. The Kier molecular flexibility index (Phi) is 1.91. The molecule has 2 nitrogen and oxygen atoms in total.